The van der Waals surface area contributed by atoms with Gasteiger partial charge >= 0.3 is 0 Å². The fourth-order valence-corrected chi connectivity index (χ4v) is 2.43. The van der Waals surface area contributed by atoms with Gasteiger partial charge in [-0.25, -0.2) is 0 Å². The molecule has 3 nitrogen and oxygen atoms in total. The summed E-state index contributed by atoms with van der Waals surface area (Å²) in [6, 6.07) is 14.6. The summed E-state index contributed by atoms with van der Waals surface area (Å²) in [6.07, 6.45) is 0.434. The van der Waals surface area contributed by atoms with E-state index in [1.54, 1.807) is 0 Å². The minimum Gasteiger partial charge on any atom is -0.339 e. The number of rotatable bonds is 5. The number of nitrogens with zero attached hydrogens (tertiary/aromatic N) is 1. The Bertz CT molecular complexity index is 592. The van der Waals surface area contributed by atoms with Gasteiger partial charge in [-0.15, -0.1) is 0 Å². The molecule has 0 saturated carbocycles. The number of benzene rings is 2. The van der Waals surface area contributed by atoms with Crippen molar-refractivity contribution in [2.24, 2.45) is 5.73 Å². The molecule has 0 bridgehead atoms. The van der Waals surface area contributed by atoms with E-state index in [1.807, 2.05) is 36.9 Å². The quantitative estimate of drug-likeness (QED) is 0.907. The highest BCUT2D eigenvalue weighted by atomic mass is 16.2. The lowest BCUT2D eigenvalue weighted by Gasteiger charge is -2.26. The number of hydrogen-bond acceptors (Lipinski definition) is 2. The summed E-state index contributed by atoms with van der Waals surface area (Å²) in [5.41, 5.74) is 6.63. The summed E-state index contributed by atoms with van der Waals surface area (Å²) in [7, 11) is 0. The lowest BCUT2D eigenvalue weighted by Crippen LogP contribution is -2.41. The maximum atomic E-state index is 12.4. The maximum absolute atomic E-state index is 12.4. The second-order valence-electron chi connectivity index (χ2n) is 5.33. The third kappa shape index (κ3) is 3.36. The normalized spacial score (nSPS) is 11.0. The zero-order valence-corrected chi connectivity index (χ0v) is 12.2. The molecule has 0 aromatic heterocycles. The monoisotopic (exact) mass is 270 g/mol. The Morgan fingerprint density at radius 3 is 2.50 bits per heavy atom. The Morgan fingerprint density at radius 1 is 1.15 bits per heavy atom. The van der Waals surface area contributed by atoms with Crippen LogP contribution in [0.4, 0.5) is 0 Å². The SMILES string of the molecule is CC(C)N(CCN)C(=O)Cc1ccc2ccccc2c1. The van der Waals surface area contributed by atoms with Crippen molar-refractivity contribution in [1.29, 1.82) is 0 Å². The molecule has 2 aromatic carbocycles. The predicted octanol–water partition coefficient (Wildman–Crippen LogP) is 2.58. The van der Waals surface area contributed by atoms with Gasteiger partial charge in [0.25, 0.3) is 0 Å². The molecule has 0 radical (unpaired) electrons. The van der Waals surface area contributed by atoms with Gasteiger partial charge < -0.3 is 10.6 Å². The summed E-state index contributed by atoms with van der Waals surface area (Å²) < 4.78 is 0. The van der Waals surface area contributed by atoms with Crippen molar-refractivity contribution in [3.05, 3.63) is 48.0 Å². The summed E-state index contributed by atoms with van der Waals surface area (Å²) >= 11 is 0. The summed E-state index contributed by atoms with van der Waals surface area (Å²) in [6.45, 7) is 5.16. The number of carbonyl (C=O) groups is 1. The molecule has 0 aliphatic heterocycles. The minimum absolute atomic E-state index is 0.140. The van der Waals surface area contributed by atoms with E-state index in [1.165, 1.54) is 10.8 Å². The molecule has 0 spiro atoms. The molecular formula is C17H22N2O. The molecular weight excluding hydrogens is 248 g/mol. The van der Waals surface area contributed by atoms with Crippen LogP contribution in [0.15, 0.2) is 42.5 Å². The molecule has 0 fully saturated rings. The van der Waals surface area contributed by atoms with Gasteiger partial charge in [-0.2, -0.15) is 0 Å². The Kier molecular flexibility index (Phi) is 4.74. The molecule has 0 unspecified atom stereocenters. The molecule has 0 heterocycles. The highest BCUT2D eigenvalue weighted by Gasteiger charge is 2.16. The maximum Gasteiger partial charge on any atom is 0.227 e. The van der Waals surface area contributed by atoms with Gasteiger partial charge in [0.1, 0.15) is 0 Å². The first kappa shape index (κ1) is 14.5. The van der Waals surface area contributed by atoms with Gasteiger partial charge in [-0.1, -0.05) is 42.5 Å². The van der Waals surface area contributed by atoms with Crippen LogP contribution in [0, 0.1) is 0 Å². The summed E-state index contributed by atoms with van der Waals surface area (Å²) in [5.74, 6) is 0.140. The Hall–Kier alpha value is -1.87. The zero-order valence-electron chi connectivity index (χ0n) is 12.2. The third-order valence-electron chi connectivity index (χ3n) is 3.48. The van der Waals surface area contributed by atoms with E-state index in [4.69, 9.17) is 5.73 Å². The van der Waals surface area contributed by atoms with Gasteiger partial charge in [0, 0.05) is 19.1 Å². The number of hydrogen-bond donors (Lipinski definition) is 1. The smallest absolute Gasteiger partial charge is 0.227 e. The van der Waals surface area contributed by atoms with Crippen molar-refractivity contribution in [3.8, 4) is 0 Å². The number of fused-ring (bicyclic) bond motifs is 1. The molecule has 2 aromatic rings. The third-order valence-corrected chi connectivity index (χ3v) is 3.48. The van der Waals surface area contributed by atoms with Crippen molar-refractivity contribution >= 4 is 16.7 Å². The van der Waals surface area contributed by atoms with Crippen LogP contribution < -0.4 is 5.73 Å². The highest BCUT2D eigenvalue weighted by molar-refractivity contribution is 5.85. The van der Waals surface area contributed by atoms with Crippen LogP contribution in [0.3, 0.4) is 0 Å². The minimum atomic E-state index is 0.140. The first-order valence-electron chi connectivity index (χ1n) is 7.09. The molecule has 0 atom stereocenters. The number of amides is 1. The molecule has 0 aliphatic rings. The Labute approximate surface area is 120 Å². The van der Waals surface area contributed by atoms with E-state index in [9.17, 15) is 4.79 Å². The summed E-state index contributed by atoms with van der Waals surface area (Å²) in [5, 5.41) is 2.37. The number of nitrogens with two attached hydrogens (primary N) is 1. The largest absolute Gasteiger partial charge is 0.339 e. The van der Waals surface area contributed by atoms with Crippen molar-refractivity contribution in [2.45, 2.75) is 26.3 Å². The second kappa shape index (κ2) is 6.53. The van der Waals surface area contributed by atoms with Crippen LogP contribution in [-0.4, -0.2) is 29.9 Å². The van der Waals surface area contributed by atoms with E-state index >= 15 is 0 Å². The number of carbonyl (C=O) groups excluding carboxylic acids is 1. The van der Waals surface area contributed by atoms with Crippen LogP contribution in [0.1, 0.15) is 19.4 Å². The highest BCUT2D eigenvalue weighted by Crippen LogP contribution is 2.16. The van der Waals surface area contributed by atoms with Crippen molar-refractivity contribution in [2.75, 3.05) is 13.1 Å². The molecule has 0 saturated heterocycles. The Morgan fingerprint density at radius 2 is 1.85 bits per heavy atom. The zero-order chi connectivity index (χ0) is 14.5. The van der Waals surface area contributed by atoms with Gasteiger partial charge in [0.15, 0.2) is 0 Å². The van der Waals surface area contributed by atoms with E-state index in [0.717, 1.165) is 5.56 Å². The molecule has 20 heavy (non-hydrogen) atoms. The van der Waals surface area contributed by atoms with E-state index in [0.29, 0.717) is 19.5 Å². The average Bonchev–Trinajstić information content (AvgIpc) is 2.44. The van der Waals surface area contributed by atoms with E-state index in [2.05, 4.69) is 24.3 Å². The molecule has 3 heteroatoms. The second-order valence-corrected chi connectivity index (χ2v) is 5.33. The predicted molar refractivity (Wildman–Crippen MR) is 83.6 cm³/mol. The molecule has 2 rings (SSSR count). The fourth-order valence-electron chi connectivity index (χ4n) is 2.43. The average molecular weight is 270 g/mol. The van der Waals surface area contributed by atoms with Gasteiger partial charge in [0.2, 0.25) is 5.91 Å². The van der Waals surface area contributed by atoms with Gasteiger partial charge in [-0.3, -0.25) is 4.79 Å². The van der Waals surface area contributed by atoms with Crippen molar-refractivity contribution in [3.63, 3.8) is 0 Å². The topological polar surface area (TPSA) is 46.3 Å². The lowest BCUT2D eigenvalue weighted by molar-refractivity contribution is -0.132. The van der Waals surface area contributed by atoms with Crippen LogP contribution >= 0.6 is 0 Å². The Balaban J connectivity index is 2.16. The van der Waals surface area contributed by atoms with E-state index < -0.39 is 0 Å². The molecule has 1 amide bonds. The first-order chi connectivity index (χ1) is 9.61. The van der Waals surface area contributed by atoms with Crippen LogP contribution in [0.2, 0.25) is 0 Å². The van der Waals surface area contributed by atoms with Crippen LogP contribution in [0.25, 0.3) is 10.8 Å². The fraction of sp³-hybridized carbons (Fsp3) is 0.353. The van der Waals surface area contributed by atoms with E-state index in [-0.39, 0.29) is 11.9 Å². The molecule has 2 N–H and O–H groups in total. The lowest BCUT2D eigenvalue weighted by atomic mass is 10.0. The van der Waals surface area contributed by atoms with Crippen molar-refractivity contribution < 1.29 is 4.79 Å². The van der Waals surface area contributed by atoms with Gasteiger partial charge in [0.05, 0.1) is 6.42 Å². The molecule has 0 aliphatic carbocycles. The van der Waals surface area contributed by atoms with Crippen LogP contribution in [-0.2, 0) is 11.2 Å². The van der Waals surface area contributed by atoms with Crippen molar-refractivity contribution in [1.82, 2.24) is 4.90 Å². The van der Waals surface area contributed by atoms with Crippen LogP contribution in [0.5, 0.6) is 0 Å². The molecule has 106 valence electrons. The standard InChI is InChI=1S/C17H22N2O/c1-13(2)19(10-9-18)17(20)12-14-7-8-15-5-3-4-6-16(15)11-14/h3-8,11,13H,9-10,12,18H2,1-2H3. The first-order valence-corrected chi connectivity index (χ1v) is 7.09. The summed E-state index contributed by atoms with van der Waals surface area (Å²) in [4.78, 5) is 14.2. The van der Waals surface area contributed by atoms with Gasteiger partial charge in [-0.05, 0) is 30.2 Å².